The van der Waals surface area contributed by atoms with Gasteiger partial charge in [-0.15, -0.1) is 11.6 Å². The van der Waals surface area contributed by atoms with Crippen LogP contribution >= 0.6 is 11.6 Å². The van der Waals surface area contributed by atoms with Crippen molar-refractivity contribution in [2.75, 3.05) is 0 Å². The maximum absolute atomic E-state index is 12.5. The molecule has 0 fully saturated rings. The third-order valence-corrected chi connectivity index (χ3v) is 3.70. The number of hydrogen-bond donors (Lipinski definition) is 0. The first-order valence-corrected chi connectivity index (χ1v) is 6.88. The molecule has 0 aromatic heterocycles. The van der Waals surface area contributed by atoms with Crippen molar-refractivity contribution in [3.05, 3.63) is 47.0 Å². The summed E-state index contributed by atoms with van der Waals surface area (Å²) in [4.78, 5) is 0. The van der Waals surface area contributed by atoms with Crippen LogP contribution in [0.2, 0.25) is 0 Å². The van der Waals surface area contributed by atoms with E-state index in [0.717, 1.165) is 43.4 Å². The van der Waals surface area contributed by atoms with Crippen molar-refractivity contribution in [1.29, 1.82) is 0 Å². The van der Waals surface area contributed by atoms with Crippen LogP contribution in [0, 0.1) is 0 Å². The number of benzene rings is 1. The molecule has 0 amide bonds. The van der Waals surface area contributed by atoms with E-state index in [1.54, 1.807) is 12.1 Å². The smallest absolute Gasteiger partial charge is 0.166 e. The zero-order valence-electron chi connectivity index (χ0n) is 10.5. The highest BCUT2D eigenvalue weighted by Gasteiger charge is 2.29. The van der Waals surface area contributed by atoms with Crippen LogP contribution < -0.4 is 0 Å². The maximum atomic E-state index is 12.5. The molecule has 1 unspecified atom stereocenters. The average Bonchev–Trinajstić information content (AvgIpc) is 2.53. The number of halogens is 4. The maximum Gasteiger partial charge on any atom is 0.416 e. The third-order valence-electron chi connectivity index (χ3n) is 3.36. The van der Waals surface area contributed by atoms with Gasteiger partial charge in [0.05, 0.1) is 10.9 Å². The van der Waals surface area contributed by atoms with Gasteiger partial charge in [-0.2, -0.15) is 13.2 Å². The van der Waals surface area contributed by atoms with Crippen LogP contribution in [0.15, 0.2) is 35.9 Å². The number of alkyl halides is 4. The van der Waals surface area contributed by atoms with Gasteiger partial charge in [0.1, 0.15) is 0 Å². The molecule has 2 rings (SSSR count). The lowest BCUT2D eigenvalue weighted by Gasteiger charge is -2.09. The monoisotopic (exact) mass is 288 g/mol. The summed E-state index contributed by atoms with van der Waals surface area (Å²) in [5.41, 5.74) is 1.54. The summed E-state index contributed by atoms with van der Waals surface area (Å²) in [6, 6.07) is 5.39. The molecule has 1 aromatic carbocycles. The minimum Gasteiger partial charge on any atom is -0.166 e. The first-order valence-electron chi connectivity index (χ1n) is 6.45. The molecule has 0 spiro atoms. The number of allylic oxidation sites excluding steroid dienone is 2. The Labute approximate surface area is 116 Å². The summed E-state index contributed by atoms with van der Waals surface area (Å²) in [6.07, 6.45) is 2.69. The fourth-order valence-corrected chi connectivity index (χ4v) is 2.67. The molecule has 0 heterocycles. The molecule has 1 atom stereocenters. The Bertz CT molecular complexity index is 445. The molecule has 0 aliphatic heterocycles. The fourth-order valence-electron chi connectivity index (χ4n) is 2.33. The zero-order chi connectivity index (χ0) is 13.9. The molecule has 0 bridgehead atoms. The van der Waals surface area contributed by atoms with Gasteiger partial charge >= 0.3 is 6.18 Å². The lowest BCUT2D eigenvalue weighted by atomic mass is 10.00. The number of rotatable bonds is 2. The van der Waals surface area contributed by atoms with Crippen molar-refractivity contribution in [2.45, 2.75) is 43.7 Å². The van der Waals surface area contributed by atoms with Gasteiger partial charge < -0.3 is 0 Å². The Kier molecular flexibility index (Phi) is 4.56. The van der Waals surface area contributed by atoms with E-state index in [0.29, 0.717) is 6.42 Å². The van der Waals surface area contributed by atoms with Crippen LogP contribution in [0.4, 0.5) is 13.2 Å². The normalized spacial score (nSPS) is 20.8. The molecule has 0 saturated heterocycles. The summed E-state index contributed by atoms with van der Waals surface area (Å²) < 4.78 is 37.4. The van der Waals surface area contributed by atoms with Crippen molar-refractivity contribution >= 4 is 11.6 Å². The second-order valence-corrected chi connectivity index (χ2v) is 5.52. The van der Waals surface area contributed by atoms with Crippen LogP contribution in [-0.4, -0.2) is 5.38 Å². The highest BCUT2D eigenvalue weighted by Crippen LogP contribution is 2.30. The van der Waals surface area contributed by atoms with E-state index >= 15 is 0 Å². The van der Waals surface area contributed by atoms with Crippen molar-refractivity contribution in [3.8, 4) is 0 Å². The first kappa shape index (κ1) is 14.4. The molecule has 104 valence electrons. The number of hydrogen-bond acceptors (Lipinski definition) is 0. The van der Waals surface area contributed by atoms with Crippen LogP contribution in [-0.2, 0) is 12.6 Å². The molecule has 1 aliphatic rings. The molecule has 0 nitrogen and oxygen atoms in total. The van der Waals surface area contributed by atoms with E-state index in [9.17, 15) is 13.2 Å². The lowest BCUT2D eigenvalue weighted by molar-refractivity contribution is -0.137. The summed E-state index contributed by atoms with van der Waals surface area (Å²) in [5, 5.41) is 0.0620. The summed E-state index contributed by atoms with van der Waals surface area (Å²) in [7, 11) is 0. The predicted octanol–water partition coefficient (Wildman–Crippen LogP) is 5.36. The van der Waals surface area contributed by atoms with Gasteiger partial charge in [-0.3, -0.25) is 0 Å². The van der Waals surface area contributed by atoms with Gasteiger partial charge in [0, 0.05) is 0 Å². The summed E-state index contributed by atoms with van der Waals surface area (Å²) in [5.74, 6) is 0. The minimum absolute atomic E-state index is 0.0620. The molecule has 19 heavy (non-hydrogen) atoms. The second kappa shape index (κ2) is 6.00. The molecule has 0 N–H and O–H groups in total. The van der Waals surface area contributed by atoms with Crippen molar-refractivity contribution in [1.82, 2.24) is 0 Å². The van der Waals surface area contributed by atoms with Crippen LogP contribution in [0.1, 0.15) is 36.8 Å². The van der Waals surface area contributed by atoms with Crippen molar-refractivity contribution in [3.63, 3.8) is 0 Å². The molecule has 0 saturated carbocycles. The van der Waals surface area contributed by atoms with Gasteiger partial charge in [-0.1, -0.05) is 30.2 Å². The third kappa shape index (κ3) is 4.27. The Morgan fingerprint density at radius 2 is 1.79 bits per heavy atom. The largest absolute Gasteiger partial charge is 0.416 e. The highest BCUT2D eigenvalue weighted by molar-refractivity contribution is 6.21. The predicted molar refractivity (Wildman–Crippen MR) is 71.3 cm³/mol. The van der Waals surface area contributed by atoms with Gasteiger partial charge in [-0.05, 0) is 43.4 Å². The highest BCUT2D eigenvalue weighted by atomic mass is 35.5. The molecular formula is C15H16ClF3. The van der Waals surface area contributed by atoms with Crippen LogP contribution in [0.3, 0.4) is 0 Å². The van der Waals surface area contributed by atoms with E-state index in [2.05, 4.69) is 6.08 Å². The summed E-state index contributed by atoms with van der Waals surface area (Å²) >= 11 is 6.14. The van der Waals surface area contributed by atoms with Gasteiger partial charge in [0.2, 0.25) is 0 Å². The van der Waals surface area contributed by atoms with E-state index in [1.165, 1.54) is 5.57 Å². The van der Waals surface area contributed by atoms with Gasteiger partial charge in [0.15, 0.2) is 0 Å². The van der Waals surface area contributed by atoms with E-state index in [-0.39, 0.29) is 5.38 Å². The molecule has 0 radical (unpaired) electrons. The second-order valence-electron chi connectivity index (χ2n) is 4.96. The lowest BCUT2D eigenvalue weighted by Crippen LogP contribution is -2.04. The summed E-state index contributed by atoms with van der Waals surface area (Å²) in [6.45, 7) is 0. The van der Waals surface area contributed by atoms with Crippen LogP contribution in [0.25, 0.3) is 0 Å². The van der Waals surface area contributed by atoms with E-state index < -0.39 is 11.7 Å². The Balaban J connectivity index is 2.07. The first-order chi connectivity index (χ1) is 8.95. The van der Waals surface area contributed by atoms with Gasteiger partial charge in [-0.25, -0.2) is 0 Å². The quantitative estimate of drug-likeness (QED) is 0.508. The molecule has 1 aliphatic carbocycles. The van der Waals surface area contributed by atoms with Gasteiger partial charge in [0.25, 0.3) is 0 Å². The van der Waals surface area contributed by atoms with E-state index in [1.807, 2.05) is 0 Å². The Morgan fingerprint density at radius 3 is 2.42 bits per heavy atom. The van der Waals surface area contributed by atoms with Crippen molar-refractivity contribution in [2.24, 2.45) is 0 Å². The van der Waals surface area contributed by atoms with Crippen molar-refractivity contribution < 1.29 is 13.2 Å². The standard InChI is InChI=1S/C15H16ClF3/c16-14-4-2-1-3-12(10-14)9-11-5-7-13(8-6-11)15(17,18)19/h5-8,10,14H,1-4,9H2. The van der Waals surface area contributed by atoms with Crippen LogP contribution in [0.5, 0.6) is 0 Å². The minimum atomic E-state index is -4.26. The SMILES string of the molecule is FC(F)(F)c1ccc(CC2=CC(Cl)CCCC2)cc1. The zero-order valence-corrected chi connectivity index (χ0v) is 11.3. The molecular weight excluding hydrogens is 273 g/mol. The Morgan fingerprint density at radius 1 is 1.11 bits per heavy atom. The van der Waals surface area contributed by atoms with E-state index in [4.69, 9.17) is 11.6 Å². The molecule has 4 heteroatoms. The fraction of sp³-hybridized carbons (Fsp3) is 0.467. The average molecular weight is 289 g/mol. The molecule has 1 aromatic rings. The Hall–Kier alpha value is -0.960. The topological polar surface area (TPSA) is 0 Å².